The first-order chi connectivity index (χ1) is 13.8. The van der Waals surface area contributed by atoms with Gasteiger partial charge in [-0.1, -0.05) is 12.1 Å². The molecule has 0 aliphatic heterocycles. The predicted octanol–water partition coefficient (Wildman–Crippen LogP) is 2.83. The van der Waals surface area contributed by atoms with Crippen molar-refractivity contribution in [2.24, 2.45) is 0 Å². The van der Waals surface area contributed by atoms with Crippen molar-refractivity contribution in [3.05, 3.63) is 67.0 Å². The average Bonchev–Trinajstić information content (AvgIpc) is 3.11. The Bertz CT molecular complexity index is 1410. The van der Waals surface area contributed by atoms with E-state index >= 15 is 0 Å². The standard InChI is InChI=1S/C19H16N4O4S2/c1-28(24,25)17-6-2-3-7-18(17)29(26,27)23-14-8-9-16-15(11-14)19(22-21-16)13-5-4-10-20-12-13/h2-12,23H,1H3,(H,21,22). The highest BCUT2D eigenvalue weighted by Crippen LogP contribution is 2.29. The first-order valence-corrected chi connectivity index (χ1v) is 11.8. The lowest BCUT2D eigenvalue weighted by Crippen LogP contribution is -2.16. The fraction of sp³-hybridized carbons (Fsp3) is 0.0526. The highest BCUT2D eigenvalue weighted by molar-refractivity contribution is 7.95. The van der Waals surface area contributed by atoms with Crippen molar-refractivity contribution in [3.8, 4) is 11.3 Å². The van der Waals surface area contributed by atoms with Gasteiger partial charge in [0.1, 0.15) is 10.6 Å². The summed E-state index contributed by atoms with van der Waals surface area (Å²) in [5.74, 6) is 0. The SMILES string of the molecule is CS(=O)(=O)c1ccccc1S(=O)(=O)Nc1ccc2[nH]nc(-c3cccnc3)c2c1. The Morgan fingerprint density at radius 3 is 2.38 bits per heavy atom. The minimum atomic E-state index is -4.13. The second-order valence-corrected chi connectivity index (χ2v) is 10.0. The van der Waals surface area contributed by atoms with Gasteiger partial charge in [-0.25, -0.2) is 16.8 Å². The van der Waals surface area contributed by atoms with Gasteiger partial charge < -0.3 is 0 Å². The van der Waals surface area contributed by atoms with Crippen LogP contribution in [0.1, 0.15) is 0 Å². The van der Waals surface area contributed by atoms with Crippen LogP contribution in [0.25, 0.3) is 22.2 Å². The summed E-state index contributed by atoms with van der Waals surface area (Å²) in [5, 5.41) is 7.89. The van der Waals surface area contributed by atoms with E-state index in [0.29, 0.717) is 11.1 Å². The minimum Gasteiger partial charge on any atom is -0.280 e. The largest absolute Gasteiger partial charge is 0.280 e. The zero-order chi connectivity index (χ0) is 20.6. The molecule has 4 rings (SSSR count). The van der Waals surface area contributed by atoms with Crippen LogP contribution >= 0.6 is 0 Å². The van der Waals surface area contributed by atoms with Crippen LogP contribution in [0, 0.1) is 0 Å². The molecule has 0 amide bonds. The average molecular weight is 428 g/mol. The number of benzene rings is 2. The zero-order valence-corrected chi connectivity index (χ0v) is 16.8. The van der Waals surface area contributed by atoms with Gasteiger partial charge in [0.15, 0.2) is 9.84 Å². The number of aromatic amines is 1. The number of nitrogens with one attached hydrogen (secondary N) is 2. The van der Waals surface area contributed by atoms with E-state index in [1.165, 1.54) is 24.3 Å². The van der Waals surface area contributed by atoms with E-state index in [-0.39, 0.29) is 15.5 Å². The van der Waals surface area contributed by atoms with Gasteiger partial charge in [0.25, 0.3) is 10.0 Å². The van der Waals surface area contributed by atoms with Crippen molar-refractivity contribution in [1.29, 1.82) is 0 Å². The Labute approximate surface area is 167 Å². The van der Waals surface area contributed by atoms with Gasteiger partial charge in [-0.2, -0.15) is 5.10 Å². The summed E-state index contributed by atoms with van der Waals surface area (Å²) in [5.41, 5.74) is 2.42. The smallest absolute Gasteiger partial charge is 0.263 e. The number of anilines is 1. The molecule has 2 aromatic heterocycles. The van der Waals surface area contributed by atoms with Crippen LogP contribution in [-0.4, -0.2) is 38.3 Å². The second-order valence-electron chi connectivity index (χ2n) is 6.40. The second kappa shape index (κ2) is 6.98. The molecular formula is C19H16N4O4S2. The quantitative estimate of drug-likeness (QED) is 0.504. The molecule has 0 saturated carbocycles. The summed E-state index contributed by atoms with van der Waals surface area (Å²) < 4.78 is 52.2. The number of fused-ring (bicyclic) bond motifs is 1. The Morgan fingerprint density at radius 2 is 1.69 bits per heavy atom. The summed E-state index contributed by atoms with van der Waals surface area (Å²) in [4.78, 5) is 3.52. The molecule has 0 saturated heterocycles. The third-order valence-electron chi connectivity index (χ3n) is 4.29. The molecule has 2 N–H and O–H groups in total. The van der Waals surface area contributed by atoms with Gasteiger partial charge >= 0.3 is 0 Å². The van der Waals surface area contributed by atoms with E-state index in [9.17, 15) is 16.8 Å². The number of rotatable bonds is 5. The molecule has 0 aliphatic carbocycles. The lowest BCUT2D eigenvalue weighted by atomic mass is 10.1. The molecule has 0 unspecified atom stereocenters. The number of hydrogen-bond donors (Lipinski definition) is 2. The van der Waals surface area contributed by atoms with E-state index in [2.05, 4.69) is 19.9 Å². The monoisotopic (exact) mass is 428 g/mol. The Kier molecular flexibility index (Phi) is 4.59. The first-order valence-electron chi connectivity index (χ1n) is 8.46. The fourth-order valence-corrected chi connectivity index (χ4v) is 5.67. The zero-order valence-electron chi connectivity index (χ0n) is 15.2. The molecule has 8 nitrogen and oxygen atoms in total. The Hall–Kier alpha value is -3.24. The molecule has 148 valence electrons. The van der Waals surface area contributed by atoms with Crippen LogP contribution in [0.5, 0.6) is 0 Å². The maximum Gasteiger partial charge on any atom is 0.263 e. The van der Waals surface area contributed by atoms with Crippen LogP contribution in [0.4, 0.5) is 5.69 Å². The summed E-state index contributed by atoms with van der Waals surface area (Å²) in [7, 11) is -7.85. The Morgan fingerprint density at radius 1 is 0.931 bits per heavy atom. The van der Waals surface area contributed by atoms with Crippen molar-refractivity contribution in [3.63, 3.8) is 0 Å². The number of sulfonamides is 1. The summed E-state index contributed by atoms with van der Waals surface area (Å²) in [6.07, 6.45) is 4.28. The number of nitrogens with zero attached hydrogens (tertiary/aromatic N) is 2. The molecule has 2 heterocycles. The van der Waals surface area contributed by atoms with Gasteiger partial charge in [0, 0.05) is 35.3 Å². The van der Waals surface area contributed by atoms with E-state index in [0.717, 1.165) is 17.3 Å². The molecule has 0 fully saturated rings. The normalized spacial score (nSPS) is 12.2. The van der Waals surface area contributed by atoms with Crippen LogP contribution < -0.4 is 4.72 Å². The number of H-pyrrole nitrogens is 1. The summed E-state index contributed by atoms with van der Waals surface area (Å²) >= 11 is 0. The van der Waals surface area contributed by atoms with Crippen LogP contribution in [0.3, 0.4) is 0 Å². The number of pyridine rings is 1. The predicted molar refractivity (Wildman–Crippen MR) is 110 cm³/mol. The van der Waals surface area contributed by atoms with Crippen molar-refractivity contribution in [1.82, 2.24) is 15.2 Å². The molecule has 2 aromatic carbocycles. The van der Waals surface area contributed by atoms with Gasteiger partial charge in [-0.05, 0) is 42.5 Å². The summed E-state index contributed by atoms with van der Waals surface area (Å²) in [6, 6.07) is 14.0. The van der Waals surface area contributed by atoms with Crippen LogP contribution in [-0.2, 0) is 19.9 Å². The fourth-order valence-electron chi connectivity index (χ4n) is 2.99. The van der Waals surface area contributed by atoms with Crippen molar-refractivity contribution >= 4 is 36.5 Å². The van der Waals surface area contributed by atoms with Gasteiger partial charge in [0.2, 0.25) is 0 Å². The van der Waals surface area contributed by atoms with Crippen molar-refractivity contribution < 1.29 is 16.8 Å². The molecule has 4 aromatic rings. The Balaban J connectivity index is 1.77. The molecule has 0 bridgehead atoms. The lowest BCUT2D eigenvalue weighted by Gasteiger charge is -2.11. The first kappa shape index (κ1) is 19.1. The van der Waals surface area contributed by atoms with Crippen LogP contribution in [0.2, 0.25) is 0 Å². The van der Waals surface area contributed by atoms with Gasteiger partial charge in [-0.3, -0.25) is 14.8 Å². The van der Waals surface area contributed by atoms with Gasteiger partial charge in [-0.15, -0.1) is 0 Å². The number of hydrogen-bond acceptors (Lipinski definition) is 6. The van der Waals surface area contributed by atoms with E-state index in [4.69, 9.17) is 0 Å². The molecular weight excluding hydrogens is 412 g/mol. The third-order valence-corrected chi connectivity index (χ3v) is 7.01. The molecule has 10 heteroatoms. The highest BCUT2D eigenvalue weighted by atomic mass is 32.2. The minimum absolute atomic E-state index is 0.257. The van der Waals surface area contributed by atoms with E-state index in [1.807, 2.05) is 6.07 Å². The van der Waals surface area contributed by atoms with Gasteiger partial charge in [0.05, 0.1) is 10.4 Å². The van der Waals surface area contributed by atoms with E-state index in [1.54, 1.807) is 36.7 Å². The highest BCUT2D eigenvalue weighted by Gasteiger charge is 2.24. The molecule has 0 atom stereocenters. The summed E-state index contributed by atoms with van der Waals surface area (Å²) in [6.45, 7) is 0. The number of sulfone groups is 1. The maximum atomic E-state index is 12.9. The maximum absolute atomic E-state index is 12.9. The number of aromatic nitrogens is 3. The molecule has 0 radical (unpaired) electrons. The topological polar surface area (TPSA) is 122 Å². The lowest BCUT2D eigenvalue weighted by molar-refractivity contribution is 0.588. The van der Waals surface area contributed by atoms with E-state index < -0.39 is 19.9 Å². The van der Waals surface area contributed by atoms with Crippen molar-refractivity contribution in [2.45, 2.75) is 9.79 Å². The molecule has 0 aliphatic rings. The molecule has 0 spiro atoms. The van der Waals surface area contributed by atoms with Crippen LogP contribution in [0.15, 0.2) is 76.8 Å². The third kappa shape index (κ3) is 3.71. The van der Waals surface area contributed by atoms with Crippen molar-refractivity contribution in [2.75, 3.05) is 11.0 Å². The molecule has 29 heavy (non-hydrogen) atoms.